The van der Waals surface area contributed by atoms with Crippen LogP contribution in [0.5, 0.6) is 0 Å². The highest BCUT2D eigenvalue weighted by atomic mass is 16.2. The van der Waals surface area contributed by atoms with Gasteiger partial charge in [0.05, 0.1) is 0 Å². The Labute approximate surface area is 136 Å². The van der Waals surface area contributed by atoms with Gasteiger partial charge in [-0.3, -0.25) is 14.5 Å². The molecule has 1 unspecified atom stereocenters. The summed E-state index contributed by atoms with van der Waals surface area (Å²) in [5.74, 6) is -0.274. The van der Waals surface area contributed by atoms with E-state index in [0.717, 1.165) is 25.9 Å². The summed E-state index contributed by atoms with van der Waals surface area (Å²) in [6.45, 7) is 1.66. The van der Waals surface area contributed by atoms with Crippen molar-refractivity contribution in [3.8, 4) is 0 Å². The summed E-state index contributed by atoms with van der Waals surface area (Å²) in [6.07, 6.45) is 1.51. The number of ketones is 1. The second-order valence-electron chi connectivity index (χ2n) is 5.72. The Bertz CT molecular complexity index is 664. The van der Waals surface area contributed by atoms with Gasteiger partial charge in [-0.25, -0.2) is 0 Å². The van der Waals surface area contributed by atoms with E-state index in [0.29, 0.717) is 11.1 Å². The van der Waals surface area contributed by atoms with Gasteiger partial charge in [0.15, 0.2) is 5.78 Å². The Morgan fingerprint density at radius 2 is 1.35 bits per heavy atom. The summed E-state index contributed by atoms with van der Waals surface area (Å²) in [7, 11) is 0. The lowest BCUT2D eigenvalue weighted by Gasteiger charge is -2.27. The monoisotopic (exact) mass is 308 g/mol. The number of benzene rings is 2. The van der Waals surface area contributed by atoms with Gasteiger partial charge >= 0.3 is 0 Å². The molecule has 1 amide bonds. The molecule has 1 heterocycles. The number of Topliss-reactive ketones (excluding diaryl/α,β-unsaturated/α-hetero) is 1. The largest absolute Gasteiger partial charge is 0.329 e. The molecule has 2 aromatic rings. The minimum atomic E-state index is -0.604. The number of hydrogen-bond donors (Lipinski definition) is 1. The van der Waals surface area contributed by atoms with Crippen molar-refractivity contribution < 1.29 is 9.59 Å². The summed E-state index contributed by atoms with van der Waals surface area (Å²) < 4.78 is 0. The zero-order valence-electron chi connectivity index (χ0n) is 12.9. The Morgan fingerprint density at radius 3 is 1.91 bits per heavy atom. The van der Waals surface area contributed by atoms with Crippen molar-refractivity contribution in [3.05, 3.63) is 71.8 Å². The molecule has 1 aliphatic rings. The third kappa shape index (κ3) is 3.66. The summed E-state index contributed by atoms with van der Waals surface area (Å²) >= 11 is 0. The Hall–Kier alpha value is -2.46. The van der Waals surface area contributed by atoms with Gasteiger partial charge in [0.2, 0.25) is 0 Å². The van der Waals surface area contributed by atoms with Crippen LogP contribution in [0.15, 0.2) is 60.7 Å². The number of hydrogen-bond acceptors (Lipinski definition) is 3. The van der Waals surface area contributed by atoms with Gasteiger partial charge in [0, 0.05) is 24.2 Å². The normalized spacial score (nSPS) is 16.0. The van der Waals surface area contributed by atoms with Crippen molar-refractivity contribution in [1.29, 1.82) is 0 Å². The Morgan fingerprint density at radius 1 is 0.826 bits per heavy atom. The molecule has 1 N–H and O–H groups in total. The highest BCUT2D eigenvalue weighted by Gasteiger charge is 2.30. The van der Waals surface area contributed by atoms with Gasteiger partial charge in [0.1, 0.15) is 6.17 Å². The molecule has 4 heteroatoms. The fourth-order valence-corrected chi connectivity index (χ4v) is 2.88. The van der Waals surface area contributed by atoms with Gasteiger partial charge in [-0.05, 0) is 25.0 Å². The number of carbonyl (C=O) groups excluding carboxylic acids is 2. The fraction of sp³-hybridized carbons (Fsp3) is 0.263. The Balaban J connectivity index is 1.81. The van der Waals surface area contributed by atoms with Gasteiger partial charge < -0.3 is 5.32 Å². The lowest BCUT2D eigenvalue weighted by atomic mass is 10.1. The number of likely N-dealkylation sites (tertiary alicyclic amines) is 1. The molecule has 1 saturated heterocycles. The second kappa shape index (κ2) is 7.20. The highest BCUT2D eigenvalue weighted by Crippen LogP contribution is 2.15. The molecule has 4 nitrogen and oxygen atoms in total. The van der Waals surface area contributed by atoms with E-state index in [-0.39, 0.29) is 11.7 Å². The molecule has 0 radical (unpaired) electrons. The lowest BCUT2D eigenvalue weighted by Crippen LogP contribution is -2.52. The minimum Gasteiger partial charge on any atom is -0.329 e. The van der Waals surface area contributed by atoms with Crippen LogP contribution in [0.3, 0.4) is 0 Å². The van der Waals surface area contributed by atoms with E-state index in [4.69, 9.17) is 0 Å². The average Bonchev–Trinajstić information content (AvgIpc) is 3.15. The van der Waals surface area contributed by atoms with Crippen molar-refractivity contribution in [1.82, 2.24) is 10.2 Å². The fourth-order valence-electron chi connectivity index (χ4n) is 2.88. The first kappa shape index (κ1) is 15.4. The van der Waals surface area contributed by atoms with Crippen LogP contribution in [0.25, 0.3) is 0 Å². The molecule has 3 rings (SSSR count). The zero-order chi connectivity index (χ0) is 16.1. The van der Waals surface area contributed by atoms with E-state index in [1.54, 1.807) is 24.3 Å². The first-order chi connectivity index (χ1) is 11.3. The standard InChI is InChI=1S/C19H20N2O2/c22-17(15-9-3-1-4-10-15)18(21-13-7-8-14-21)20-19(23)16-11-5-2-6-12-16/h1-6,9-12,18H,7-8,13-14H2,(H,20,23). The first-order valence-corrected chi connectivity index (χ1v) is 7.95. The molecule has 0 saturated carbocycles. The maximum Gasteiger partial charge on any atom is 0.252 e. The molecule has 2 aromatic carbocycles. The van der Waals surface area contributed by atoms with E-state index in [9.17, 15) is 9.59 Å². The summed E-state index contributed by atoms with van der Waals surface area (Å²) in [5.41, 5.74) is 1.19. The van der Waals surface area contributed by atoms with Crippen molar-refractivity contribution >= 4 is 11.7 Å². The van der Waals surface area contributed by atoms with Crippen LogP contribution < -0.4 is 5.32 Å². The van der Waals surface area contributed by atoms with Crippen molar-refractivity contribution in [2.75, 3.05) is 13.1 Å². The van der Waals surface area contributed by atoms with Gasteiger partial charge in [-0.15, -0.1) is 0 Å². The number of carbonyl (C=O) groups is 2. The van der Waals surface area contributed by atoms with Gasteiger partial charge in [-0.1, -0.05) is 48.5 Å². The number of amides is 1. The van der Waals surface area contributed by atoms with Crippen LogP contribution in [-0.2, 0) is 0 Å². The van der Waals surface area contributed by atoms with Crippen LogP contribution in [0.2, 0.25) is 0 Å². The summed E-state index contributed by atoms with van der Waals surface area (Å²) in [5, 5.41) is 2.91. The third-order valence-corrected chi connectivity index (χ3v) is 4.12. The SMILES string of the molecule is O=C(NC(C(=O)c1ccccc1)N1CCCC1)c1ccccc1. The number of nitrogens with zero attached hydrogens (tertiary/aromatic N) is 1. The average molecular weight is 308 g/mol. The van der Waals surface area contributed by atoms with E-state index in [1.165, 1.54) is 0 Å². The number of nitrogens with one attached hydrogen (secondary N) is 1. The van der Waals surface area contributed by atoms with E-state index < -0.39 is 6.17 Å². The quantitative estimate of drug-likeness (QED) is 0.864. The molecule has 118 valence electrons. The van der Waals surface area contributed by atoms with Gasteiger partial charge in [0.25, 0.3) is 5.91 Å². The number of rotatable bonds is 5. The molecule has 0 bridgehead atoms. The predicted octanol–water partition coefficient (Wildman–Crippen LogP) is 2.72. The lowest BCUT2D eigenvalue weighted by molar-refractivity contribution is 0.0725. The topological polar surface area (TPSA) is 49.4 Å². The molecule has 0 aliphatic carbocycles. The van der Waals surface area contributed by atoms with Crippen LogP contribution in [0.4, 0.5) is 0 Å². The molecule has 1 atom stereocenters. The minimum absolute atomic E-state index is 0.0585. The predicted molar refractivity (Wildman–Crippen MR) is 89.3 cm³/mol. The van der Waals surface area contributed by atoms with Gasteiger partial charge in [-0.2, -0.15) is 0 Å². The van der Waals surface area contributed by atoms with Crippen molar-refractivity contribution in [3.63, 3.8) is 0 Å². The molecular formula is C19H20N2O2. The molecule has 1 aliphatic heterocycles. The highest BCUT2D eigenvalue weighted by molar-refractivity contribution is 6.04. The van der Waals surface area contributed by atoms with Crippen molar-refractivity contribution in [2.24, 2.45) is 0 Å². The summed E-state index contributed by atoms with van der Waals surface area (Å²) in [6, 6.07) is 18.2. The molecule has 1 fully saturated rings. The van der Waals surface area contributed by atoms with Crippen LogP contribution in [0.1, 0.15) is 33.6 Å². The second-order valence-corrected chi connectivity index (χ2v) is 5.72. The van der Waals surface area contributed by atoms with E-state index in [2.05, 4.69) is 10.2 Å². The first-order valence-electron chi connectivity index (χ1n) is 7.95. The summed E-state index contributed by atoms with van der Waals surface area (Å²) in [4.78, 5) is 27.4. The van der Waals surface area contributed by atoms with E-state index >= 15 is 0 Å². The zero-order valence-corrected chi connectivity index (χ0v) is 12.9. The molecule has 0 spiro atoms. The van der Waals surface area contributed by atoms with Crippen LogP contribution >= 0.6 is 0 Å². The van der Waals surface area contributed by atoms with Crippen LogP contribution in [-0.4, -0.2) is 35.8 Å². The molecular weight excluding hydrogens is 288 g/mol. The maximum absolute atomic E-state index is 12.8. The smallest absolute Gasteiger partial charge is 0.252 e. The molecule has 0 aromatic heterocycles. The van der Waals surface area contributed by atoms with Crippen molar-refractivity contribution in [2.45, 2.75) is 19.0 Å². The molecule has 23 heavy (non-hydrogen) atoms. The van der Waals surface area contributed by atoms with E-state index in [1.807, 2.05) is 36.4 Å². The third-order valence-electron chi connectivity index (χ3n) is 4.12. The maximum atomic E-state index is 12.8. The van der Waals surface area contributed by atoms with Crippen LogP contribution in [0, 0.1) is 0 Å². The Kier molecular flexibility index (Phi) is 4.83.